The lowest BCUT2D eigenvalue weighted by molar-refractivity contribution is -0.384. The van der Waals surface area contributed by atoms with Crippen molar-refractivity contribution in [2.75, 3.05) is 18.5 Å². The van der Waals surface area contributed by atoms with Gasteiger partial charge in [-0.05, 0) is 19.4 Å². The molecule has 1 aliphatic rings. The van der Waals surface area contributed by atoms with E-state index in [2.05, 4.69) is 5.32 Å². The van der Waals surface area contributed by atoms with Gasteiger partial charge in [0.15, 0.2) is 0 Å². The van der Waals surface area contributed by atoms with Crippen LogP contribution in [0.5, 0.6) is 0 Å². The molecule has 1 saturated heterocycles. The molecule has 7 heteroatoms. The smallest absolute Gasteiger partial charge is 0.338 e. The summed E-state index contributed by atoms with van der Waals surface area (Å²) in [7, 11) is 0. The number of carboxylic acid groups (broad SMARTS) is 1. The van der Waals surface area contributed by atoms with Crippen LogP contribution < -0.4 is 5.32 Å². The molecule has 1 fully saturated rings. The topological polar surface area (TPSA) is 102 Å². The third-order valence-corrected chi connectivity index (χ3v) is 3.12. The number of benzene rings is 1. The molecule has 2 rings (SSSR count). The number of carboxylic acids is 1. The normalized spacial score (nSPS) is 22.2. The predicted octanol–water partition coefficient (Wildman–Crippen LogP) is 1.88. The van der Waals surface area contributed by atoms with Gasteiger partial charge in [0, 0.05) is 12.7 Å². The van der Waals surface area contributed by atoms with Crippen LogP contribution in [0.3, 0.4) is 0 Å². The first-order valence-electron chi connectivity index (χ1n) is 5.79. The molecule has 1 heterocycles. The third-order valence-electron chi connectivity index (χ3n) is 3.12. The van der Waals surface area contributed by atoms with E-state index >= 15 is 0 Å². The van der Waals surface area contributed by atoms with Crippen LogP contribution in [0.1, 0.15) is 23.7 Å². The Kier molecular flexibility index (Phi) is 3.39. The highest BCUT2D eigenvalue weighted by Gasteiger charge is 2.33. The van der Waals surface area contributed by atoms with E-state index in [1.807, 2.05) is 6.92 Å². The molecule has 0 saturated carbocycles. The van der Waals surface area contributed by atoms with Crippen molar-refractivity contribution in [1.82, 2.24) is 0 Å². The molecule has 1 aromatic rings. The molecule has 1 unspecified atom stereocenters. The second kappa shape index (κ2) is 4.85. The zero-order chi connectivity index (χ0) is 14.0. The number of nitro groups is 1. The van der Waals surface area contributed by atoms with Crippen molar-refractivity contribution in [2.45, 2.75) is 18.9 Å². The molecule has 0 amide bonds. The maximum atomic E-state index is 11.2. The fourth-order valence-corrected chi connectivity index (χ4v) is 2.07. The van der Waals surface area contributed by atoms with E-state index in [1.54, 1.807) is 0 Å². The minimum absolute atomic E-state index is 0.0352. The molecule has 0 aromatic heterocycles. The summed E-state index contributed by atoms with van der Waals surface area (Å²) in [6, 6.07) is 3.99. The van der Waals surface area contributed by atoms with Gasteiger partial charge < -0.3 is 15.2 Å². The van der Waals surface area contributed by atoms with Crippen LogP contribution in [0.2, 0.25) is 0 Å². The van der Waals surface area contributed by atoms with E-state index < -0.39 is 16.4 Å². The van der Waals surface area contributed by atoms with Crippen LogP contribution in [-0.2, 0) is 4.74 Å². The Morgan fingerprint density at radius 3 is 2.84 bits per heavy atom. The van der Waals surface area contributed by atoms with Crippen molar-refractivity contribution >= 4 is 17.3 Å². The molecule has 19 heavy (non-hydrogen) atoms. The van der Waals surface area contributed by atoms with Gasteiger partial charge in [0.25, 0.3) is 5.69 Å². The average Bonchev–Trinajstić information content (AvgIpc) is 2.75. The van der Waals surface area contributed by atoms with Crippen molar-refractivity contribution in [3.8, 4) is 0 Å². The fraction of sp³-hybridized carbons (Fsp3) is 0.417. The van der Waals surface area contributed by atoms with E-state index in [-0.39, 0.29) is 16.9 Å². The van der Waals surface area contributed by atoms with Gasteiger partial charge in [0.05, 0.1) is 22.6 Å². The molecule has 7 nitrogen and oxygen atoms in total. The molecule has 1 aliphatic heterocycles. The summed E-state index contributed by atoms with van der Waals surface area (Å²) >= 11 is 0. The maximum absolute atomic E-state index is 11.2. The summed E-state index contributed by atoms with van der Waals surface area (Å²) < 4.78 is 5.25. The highest BCUT2D eigenvalue weighted by molar-refractivity contribution is 5.97. The Hall–Kier alpha value is -2.15. The maximum Gasteiger partial charge on any atom is 0.338 e. The zero-order valence-electron chi connectivity index (χ0n) is 10.4. The number of carbonyl (C=O) groups is 1. The minimum Gasteiger partial charge on any atom is -0.478 e. The average molecular weight is 266 g/mol. The summed E-state index contributed by atoms with van der Waals surface area (Å²) in [4.78, 5) is 21.6. The van der Waals surface area contributed by atoms with Gasteiger partial charge in [-0.15, -0.1) is 0 Å². The second-order valence-electron chi connectivity index (χ2n) is 4.75. The Labute approximate surface area is 109 Å². The van der Waals surface area contributed by atoms with Crippen LogP contribution in [0.15, 0.2) is 18.2 Å². The first-order chi connectivity index (χ1) is 8.93. The van der Waals surface area contributed by atoms with Gasteiger partial charge in [-0.3, -0.25) is 10.1 Å². The highest BCUT2D eigenvalue weighted by atomic mass is 16.6. The van der Waals surface area contributed by atoms with Crippen LogP contribution in [0.4, 0.5) is 11.4 Å². The summed E-state index contributed by atoms with van der Waals surface area (Å²) in [6.07, 6.45) is 0.665. The molecule has 0 bridgehead atoms. The zero-order valence-corrected chi connectivity index (χ0v) is 10.4. The Morgan fingerprint density at radius 1 is 1.58 bits per heavy atom. The summed E-state index contributed by atoms with van der Waals surface area (Å²) in [5.74, 6) is -1.20. The molecule has 0 radical (unpaired) electrons. The largest absolute Gasteiger partial charge is 0.478 e. The van der Waals surface area contributed by atoms with E-state index in [1.165, 1.54) is 18.2 Å². The van der Waals surface area contributed by atoms with Crippen LogP contribution in [0, 0.1) is 10.1 Å². The summed E-state index contributed by atoms with van der Waals surface area (Å²) in [6.45, 7) is 2.78. The van der Waals surface area contributed by atoms with Gasteiger partial charge in [-0.2, -0.15) is 0 Å². The van der Waals surface area contributed by atoms with Crippen LogP contribution in [0.25, 0.3) is 0 Å². The summed E-state index contributed by atoms with van der Waals surface area (Å²) in [5, 5.41) is 23.1. The van der Waals surface area contributed by atoms with E-state index in [4.69, 9.17) is 9.84 Å². The second-order valence-corrected chi connectivity index (χ2v) is 4.75. The molecule has 102 valence electrons. The molecule has 1 atom stereocenters. The molecule has 1 aromatic carbocycles. The molecule has 2 N–H and O–H groups in total. The number of rotatable bonds is 4. The Balaban J connectivity index is 2.46. The molecule has 0 aliphatic carbocycles. The van der Waals surface area contributed by atoms with Crippen LogP contribution >= 0.6 is 0 Å². The monoisotopic (exact) mass is 266 g/mol. The van der Waals surface area contributed by atoms with Crippen molar-refractivity contribution in [3.63, 3.8) is 0 Å². The van der Waals surface area contributed by atoms with Gasteiger partial charge in [-0.25, -0.2) is 4.79 Å². The van der Waals surface area contributed by atoms with E-state index in [9.17, 15) is 14.9 Å². The molecular weight excluding hydrogens is 252 g/mol. The number of nitro benzene ring substituents is 1. The first-order valence-corrected chi connectivity index (χ1v) is 5.79. The molecular formula is C12H14N2O5. The van der Waals surface area contributed by atoms with Crippen molar-refractivity contribution in [1.29, 1.82) is 0 Å². The van der Waals surface area contributed by atoms with Gasteiger partial charge >= 0.3 is 5.97 Å². The van der Waals surface area contributed by atoms with E-state index in [0.717, 1.165) is 0 Å². The number of hydrogen-bond acceptors (Lipinski definition) is 5. The number of anilines is 1. The Bertz CT molecular complexity index is 491. The van der Waals surface area contributed by atoms with E-state index in [0.29, 0.717) is 19.6 Å². The number of hydrogen-bond donors (Lipinski definition) is 2. The van der Waals surface area contributed by atoms with Gasteiger partial charge in [-0.1, -0.05) is 6.07 Å². The lowest BCUT2D eigenvalue weighted by atomic mass is 10.00. The number of nitrogens with zero attached hydrogens (tertiary/aromatic N) is 1. The third kappa shape index (κ3) is 2.65. The number of aromatic carboxylic acids is 1. The number of para-hydroxylation sites is 1. The minimum atomic E-state index is -1.20. The van der Waals surface area contributed by atoms with Crippen molar-refractivity contribution < 1.29 is 19.6 Å². The van der Waals surface area contributed by atoms with Crippen molar-refractivity contribution in [3.05, 3.63) is 33.9 Å². The summed E-state index contributed by atoms with van der Waals surface area (Å²) in [5.41, 5.74) is -0.806. The van der Waals surface area contributed by atoms with Crippen molar-refractivity contribution in [2.24, 2.45) is 0 Å². The van der Waals surface area contributed by atoms with Gasteiger partial charge in [0.2, 0.25) is 0 Å². The lowest BCUT2D eigenvalue weighted by Crippen LogP contribution is -2.35. The lowest BCUT2D eigenvalue weighted by Gasteiger charge is -2.25. The fourth-order valence-electron chi connectivity index (χ4n) is 2.07. The molecule has 0 spiro atoms. The van der Waals surface area contributed by atoms with Crippen LogP contribution in [-0.4, -0.2) is 34.8 Å². The standard InChI is InChI=1S/C12H14N2O5/c1-12(5-6-19-7-12)13-10-8(11(15)16)3-2-4-9(10)14(17)18/h2-4,13H,5-7H2,1H3,(H,15,16). The van der Waals surface area contributed by atoms with Gasteiger partial charge in [0.1, 0.15) is 5.69 Å². The number of ether oxygens (including phenoxy) is 1. The number of nitrogens with one attached hydrogen (secondary N) is 1. The highest BCUT2D eigenvalue weighted by Crippen LogP contribution is 2.33. The Morgan fingerprint density at radius 2 is 2.32 bits per heavy atom. The predicted molar refractivity (Wildman–Crippen MR) is 67.5 cm³/mol. The SMILES string of the molecule is CC1(Nc2c(C(=O)O)cccc2[N+](=O)[O-])CCOC1. The first kappa shape index (κ1) is 13.3. The quantitative estimate of drug-likeness (QED) is 0.637.